The first-order valence-corrected chi connectivity index (χ1v) is 10.0. The Bertz CT molecular complexity index is 1200. The van der Waals surface area contributed by atoms with Gasteiger partial charge in [0.2, 0.25) is 0 Å². The second kappa shape index (κ2) is 7.81. The standard InChI is InChI=1S/C25H21ClN2O2/c1-15-5-4-6-20(13-15)27-23-22(18-9-11-19(26)12-10-18)24(29)28(25(23)30)21-14-16(2)7-8-17(21)3/h4-14,27H,1-3H3. The van der Waals surface area contributed by atoms with E-state index in [0.717, 1.165) is 22.4 Å². The third-order valence-corrected chi connectivity index (χ3v) is 5.36. The molecule has 1 aliphatic heterocycles. The molecule has 1 heterocycles. The second-order valence-corrected chi connectivity index (χ2v) is 7.92. The lowest BCUT2D eigenvalue weighted by Crippen LogP contribution is -2.33. The molecular weight excluding hydrogens is 396 g/mol. The lowest BCUT2D eigenvalue weighted by Gasteiger charge is -2.18. The van der Waals surface area contributed by atoms with Gasteiger partial charge in [0.25, 0.3) is 11.8 Å². The monoisotopic (exact) mass is 416 g/mol. The van der Waals surface area contributed by atoms with Gasteiger partial charge >= 0.3 is 0 Å². The van der Waals surface area contributed by atoms with Crippen LogP contribution in [0.5, 0.6) is 0 Å². The van der Waals surface area contributed by atoms with Crippen LogP contribution in [0.15, 0.2) is 72.4 Å². The fourth-order valence-electron chi connectivity index (χ4n) is 3.58. The predicted molar refractivity (Wildman–Crippen MR) is 122 cm³/mol. The van der Waals surface area contributed by atoms with E-state index in [0.29, 0.717) is 21.8 Å². The Hall–Kier alpha value is -3.37. The molecule has 0 unspecified atom stereocenters. The Morgan fingerprint density at radius 3 is 2.20 bits per heavy atom. The van der Waals surface area contributed by atoms with Gasteiger partial charge in [-0.05, 0) is 73.4 Å². The molecule has 0 saturated carbocycles. The van der Waals surface area contributed by atoms with E-state index in [1.807, 2.05) is 63.2 Å². The van der Waals surface area contributed by atoms with Crippen molar-refractivity contribution >= 4 is 40.4 Å². The molecule has 30 heavy (non-hydrogen) atoms. The van der Waals surface area contributed by atoms with E-state index in [2.05, 4.69) is 5.32 Å². The van der Waals surface area contributed by atoms with E-state index in [-0.39, 0.29) is 17.5 Å². The molecule has 5 heteroatoms. The Labute approximate surface area is 180 Å². The fourth-order valence-corrected chi connectivity index (χ4v) is 3.70. The molecule has 0 saturated heterocycles. The van der Waals surface area contributed by atoms with E-state index >= 15 is 0 Å². The summed E-state index contributed by atoms with van der Waals surface area (Å²) in [5.74, 6) is -0.730. The molecule has 4 nitrogen and oxygen atoms in total. The third-order valence-electron chi connectivity index (χ3n) is 5.11. The normalized spacial score (nSPS) is 13.9. The maximum absolute atomic E-state index is 13.5. The third kappa shape index (κ3) is 3.62. The van der Waals surface area contributed by atoms with Gasteiger partial charge in [-0.3, -0.25) is 9.59 Å². The number of carbonyl (C=O) groups is 2. The van der Waals surface area contributed by atoms with Crippen LogP contribution in [0, 0.1) is 20.8 Å². The van der Waals surface area contributed by atoms with Crippen molar-refractivity contribution in [3.8, 4) is 0 Å². The molecule has 1 N–H and O–H groups in total. The van der Waals surface area contributed by atoms with E-state index < -0.39 is 0 Å². The predicted octanol–water partition coefficient (Wildman–Crippen LogP) is 5.66. The van der Waals surface area contributed by atoms with Crippen LogP contribution in [0.4, 0.5) is 11.4 Å². The lowest BCUT2D eigenvalue weighted by molar-refractivity contribution is -0.120. The molecule has 3 aromatic rings. The van der Waals surface area contributed by atoms with Crippen LogP contribution in [-0.2, 0) is 9.59 Å². The number of nitrogens with one attached hydrogen (secondary N) is 1. The van der Waals surface area contributed by atoms with E-state index in [4.69, 9.17) is 11.6 Å². The van der Waals surface area contributed by atoms with Gasteiger partial charge < -0.3 is 5.32 Å². The summed E-state index contributed by atoms with van der Waals surface area (Å²) in [6, 6.07) is 20.4. The van der Waals surface area contributed by atoms with Crippen molar-refractivity contribution in [2.24, 2.45) is 0 Å². The zero-order valence-corrected chi connectivity index (χ0v) is 17.7. The number of hydrogen-bond acceptors (Lipinski definition) is 3. The number of rotatable bonds is 4. The Morgan fingerprint density at radius 2 is 1.50 bits per heavy atom. The van der Waals surface area contributed by atoms with Crippen LogP contribution in [0.3, 0.4) is 0 Å². The topological polar surface area (TPSA) is 49.4 Å². The average molecular weight is 417 g/mol. The molecule has 0 fully saturated rings. The number of hydrogen-bond donors (Lipinski definition) is 1. The molecule has 0 radical (unpaired) electrons. The number of anilines is 2. The average Bonchev–Trinajstić information content (AvgIpc) is 2.94. The number of amides is 2. The Morgan fingerprint density at radius 1 is 0.800 bits per heavy atom. The summed E-state index contributed by atoms with van der Waals surface area (Å²) in [4.78, 5) is 28.2. The molecule has 0 atom stereocenters. The minimum atomic E-state index is -0.375. The highest BCUT2D eigenvalue weighted by atomic mass is 35.5. The SMILES string of the molecule is Cc1cccc(NC2=C(c3ccc(Cl)cc3)C(=O)N(c3cc(C)ccc3C)C2=O)c1. The summed E-state index contributed by atoms with van der Waals surface area (Å²) < 4.78 is 0. The molecule has 0 aliphatic carbocycles. The van der Waals surface area contributed by atoms with Crippen LogP contribution >= 0.6 is 11.6 Å². The Balaban J connectivity index is 1.86. The molecule has 3 aromatic carbocycles. The summed E-state index contributed by atoms with van der Waals surface area (Å²) in [5.41, 5.74) is 5.46. The summed E-state index contributed by atoms with van der Waals surface area (Å²) in [7, 11) is 0. The number of halogens is 1. The maximum Gasteiger partial charge on any atom is 0.282 e. The number of benzene rings is 3. The van der Waals surface area contributed by atoms with Gasteiger partial charge in [0.05, 0.1) is 11.3 Å². The minimum absolute atomic E-state index is 0.258. The van der Waals surface area contributed by atoms with Crippen LogP contribution in [0.1, 0.15) is 22.3 Å². The quantitative estimate of drug-likeness (QED) is 0.558. The lowest BCUT2D eigenvalue weighted by atomic mass is 10.0. The van der Waals surface area contributed by atoms with Gasteiger partial charge in [-0.1, -0.05) is 48.0 Å². The summed E-state index contributed by atoms with van der Waals surface area (Å²) in [5, 5.41) is 3.76. The first-order valence-electron chi connectivity index (χ1n) is 9.65. The van der Waals surface area contributed by atoms with E-state index in [1.165, 1.54) is 4.90 Å². The number of carbonyl (C=O) groups excluding carboxylic acids is 2. The van der Waals surface area contributed by atoms with Gasteiger partial charge in [-0.2, -0.15) is 0 Å². The fraction of sp³-hybridized carbons (Fsp3) is 0.120. The zero-order chi connectivity index (χ0) is 21.4. The van der Waals surface area contributed by atoms with Gasteiger partial charge in [0, 0.05) is 10.7 Å². The van der Waals surface area contributed by atoms with Gasteiger partial charge in [0.1, 0.15) is 5.70 Å². The molecule has 0 spiro atoms. The zero-order valence-electron chi connectivity index (χ0n) is 17.0. The summed E-state index contributed by atoms with van der Waals surface area (Å²) >= 11 is 6.04. The van der Waals surface area contributed by atoms with E-state index in [9.17, 15) is 9.59 Å². The molecule has 0 bridgehead atoms. The molecular formula is C25H21ClN2O2. The van der Waals surface area contributed by atoms with Crippen LogP contribution in [0.2, 0.25) is 5.02 Å². The molecule has 2 amide bonds. The van der Waals surface area contributed by atoms with Crippen molar-refractivity contribution in [2.45, 2.75) is 20.8 Å². The van der Waals surface area contributed by atoms with Crippen molar-refractivity contribution < 1.29 is 9.59 Å². The molecule has 150 valence electrons. The van der Waals surface area contributed by atoms with Crippen LogP contribution in [-0.4, -0.2) is 11.8 Å². The second-order valence-electron chi connectivity index (χ2n) is 7.49. The van der Waals surface area contributed by atoms with Crippen molar-refractivity contribution in [3.63, 3.8) is 0 Å². The first-order chi connectivity index (χ1) is 14.3. The van der Waals surface area contributed by atoms with Crippen molar-refractivity contribution in [1.82, 2.24) is 0 Å². The largest absolute Gasteiger partial charge is 0.350 e. The molecule has 0 aromatic heterocycles. The first kappa shape index (κ1) is 19.9. The molecule has 1 aliphatic rings. The van der Waals surface area contributed by atoms with Crippen LogP contribution < -0.4 is 10.2 Å². The van der Waals surface area contributed by atoms with Gasteiger partial charge in [0.15, 0.2) is 0 Å². The van der Waals surface area contributed by atoms with E-state index in [1.54, 1.807) is 24.3 Å². The number of imide groups is 1. The number of aryl methyl sites for hydroxylation is 3. The maximum atomic E-state index is 13.5. The summed E-state index contributed by atoms with van der Waals surface area (Å²) in [6.07, 6.45) is 0. The van der Waals surface area contributed by atoms with Crippen molar-refractivity contribution in [1.29, 1.82) is 0 Å². The van der Waals surface area contributed by atoms with Crippen molar-refractivity contribution in [2.75, 3.05) is 10.2 Å². The Kier molecular flexibility index (Phi) is 5.18. The van der Waals surface area contributed by atoms with Crippen LogP contribution in [0.25, 0.3) is 5.57 Å². The van der Waals surface area contributed by atoms with Crippen molar-refractivity contribution in [3.05, 3.63) is 99.7 Å². The highest BCUT2D eigenvalue weighted by Crippen LogP contribution is 2.35. The minimum Gasteiger partial charge on any atom is -0.350 e. The molecule has 4 rings (SSSR count). The summed E-state index contributed by atoms with van der Waals surface area (Å²) in [6.45, 7) is 5.81. The smallest absolute Gasteiger partial charge is 0.282 e. The highest BCUT2D eigenvalue weighted by molar-refractivity contribution is 6.46. The van der Waals surface area contributed by atoms with Gasteiger partial charge in [-0.25, -0.2) is 4.90 Å². The number of nitrogens with zero attached hydrogens (tertiary/aromatic N) is 1. The van der Waals surface area contributed by atoms with Gasteiger partial charge in [-0.15, -0.1) is 0 Å². The highest BCUT2D eigenvalue weighted by Gasteiger charge is 2.40.